The first-order valence-electron chi connectivity index (χ1n) is 9.27. The van der Waals surface area contributed by atoms with Gasteiger partial charge in [-0.15, -0.1) is 0 Å². The number of hydrogen-bond donors (Lipinski definition) is 2. The van der Waals surface area contributed by atoms with Crippen LogP contribution in [0.4, 0.5) is 0 Å². The molecule has 1 heterocycles. The second-order valence-electron chi connectivity index (χ2n) is 7.13. The fourth-order valence-electron chi connectivity index (χ4n) is 3.15. The van der Waals surface area contributed by atoms with Crippen LogP contribution < -0.4 is 63.4 Å². The van der Waals surface area contributed by atoms with Gasteiger partial charge in [0.15, 0.2) is 0 Å². The molecule has 1 saturated heterocycles. The van der Waals surface area contributed by atoms with Crippen molar-refractivity contribution in [1.82, 2.24) is 0 Å². The van der Waals surface area contributed by atoms with Gasteiger partial charge in [0.25, 0.3) is 0 Å². The summed E-state index contributed by atoms with van der Waals surface area (Å²) in [5, 5.41) is 12.6. The molecule has 0 amide bonds. The van der Waals surface area contributed by atoms with Crippen LogP contribution in [0.2, 0.25) is 0 Å². The fourth-order valence-corrected chi connectivity index (χ4v) is 3.15. The molecule has 1 aliphatic heterocycles. The minimum Gasteiger partial charge on any atom is -0.665 e. The standard InChI is InChI=1S/C10H20.C6H12N3.2CH4.CH3.IO4.Ir.Na.H2O4S.H2O/c1-6-7(2)9(4)10(5)8(6)3;1-2-8-5-6-9-4-3-7-1;;;;2-1(3,4)5;;;1-5(2,3)4;/h6-10H,1-5H3;1-6H2;2*1H4;1H3;;;;(H2,1,2,3,4);1H2/q;-3;;;2*-1;;+1;;. The number of hydrogen-bond acceptors (Lipinski definition) is 6. The molecule has 0 atom stereocenters. The van der Waals surface area contributed by atoms with Crippen molar-refractivity contribution in [2.45, 2.75) is 49.5 Å². The van der Waals surface area contributed by atoms with Gasteiger partial charge in [-0.05, 0) is 29.6 Å². The van der Waals surface area contributed by atoms with Crippen LogP contribution in [-0.2, 0) is 30.5 Å². The third-order valence-corrected chi connectivity index (χ3v) is 5.40. The molecule has 0 unspecified atom stereocenters. The molecule has 12 nitrogen and oxygen atoms in total. The molecule has 1 saturated carbocycles. The average Bonchev–Trinajstić information content (AvgIpc) is 2.83. The summed E-state index contributed by atoms with van der Waals surface area (Å²) < 4.78 is 66.1. The minimum absolute atomic E-state index is 0. The average molecular weight is 836 g/mol. The molecule has 35 heavy (non-hydrogen) atoms. The van der Waals surface area contributed by atoms with E-state index in [2.05, 4.69) is 50.6 Å². The molecular formula is C19H47IIrN3NaO9S-4. The Morgan fingerprint density at radius 1 is 0.657 bits per heavy atom. The maximum Gasteiger partial charge on any atom is 1.00 e. The van der Waals surface area contributed by atoms with Crippen molar-refractivity contribution in [3.63, 3.8) is 0 Å². The molecule has 0 spiro atoms. The van der Waals surface area contributed by atoms with Crippen LogP contribution in [0.5, 0.6) is 0 Å². The molecule has 1 aliphatic carbocycles. The van der Waals surface area contributed by atoms with Crippen molar-refractivity contribution >= 4 is 10.4 Å². The molecule has 16 heteroatoms. The van der Waals surface area contributed by atoms with E-state index in [-0.39, 0.29) is 77.4 Å². The summed E-state index contributed by atoms with van der Waals surface area (Å²) in [6, 6.07) is 0. The summed E-state index contributed by atoms with van der Waals surface area (Å²) in [5.74, 6) is 4.68. The van der Waals surface area contributed by atoms with Crippen LogP contribution in [0, 0.1) is 37.0 Å². The summed E-state index contributed by atoms with van der Waals surface area (Å²) in [6.45, 7) is 17.4. The van der Waals surface area contributed by atoms with E-state index in [1.165, 1.54) is 0 Å². The minimum atomic E-state index is -5.94. The molecule has 1 radical (unpaired) electrons. The number of nitrogens with zero attached hydrogens (tertiary/aromatic N) is 3. The first-order valence-corrected chi connectivity index (χ1v) is 14.2. The van der Waals surface area contributed by atoms with E-state index >= 15 is 0 Å². The maximum absolute atomic E-state index is 8.74. The van der Waals surface area contributed by atoms with Gasteiger partial charge < -0.3 is 28.9 Å². The summed E-state index contributed by atoms with van der Waals surface area (Å²) in [7, 11) is -4.67. The van der Waals surface area contributed by atoms with Gasteiger partial charge in [-0.2, -0.15) is 47.7 Å². The van der Waals surface area contributed by atoms with Crippen molar-refractivity contribution in [2.75, 3.05) is 39.3 Å². The monoisotopic (exact) mass is 836 g/mol. The Morgan fingerprint density at radius 3 is 0.829 bits per heavy atom. The molecule has 2 aliphatic rings. The summed E-state index contributed by atoms with van der Waals surface area (Å²) in [5.41, 5.74) is 0. The van der Waals surface area contributed by atoms with Gasteiger partial charge in [0.2, 0.25) is 0 Å². The second-order valence-corrected chi connectivity index (χ2v) is 10.2. The van der Waals surface area contributed by atoms with Crippen molar-refractivity contribution < 1.29 is 106 Å². The molecular weight excluding hydrogens is 788 g/mol. The molecule has 4 N–H and O–H groups in total. The van der Waals surface area contributed by atoms with E-state index in [9.17, 15) is 0 Å². The first kappa shape index (κ1) is 57.0. The Morgan fingerprint density at radius 2 is 0.743 bits per heavy atom. The molecule has 2 fully saturated rings. The van der Waals surface area contributed by atoms with Crippen LogP contribution in [0.1, 0.15) is 49.5 Å². The van der Waals surface area contributed by atoms with Crippen LogP contribution in [0.15, 0.2) is 0 Å². The van der Waals surface area contributed by atoms with Crippen LogP contribution in [-0.4, -0.2) is 62.3 Å². The fraction of sp³-hybridized carbons (Fsp3) is 0.947. The van der Waals surface area contributed by atoms with Crippen LogP contribution in [0.25, 0.3) is 16.0 Å². The van der Waals surface area contributed by atoms with E-state index in [1.54, 1.807) is 0 Å². The predicted octanol–water partition coefficient (Wildman–Crippen LogP) is -6.20. The van der Waals surface area contributed by atoms with Crippen molar-refractivity contribution in [3.05, 3.63) is 23.4 Å². The summed E-state index contributed by atoms with van der Waals surface area (Å²) in [6.07, 6.45) is 0. The number of halogens is 1. The Balaban J connectivity index is -0.0000000456. The molecule has 0 aromatic rings. The van der Waals surface area contributed by atoms with Crippen molar-refractivity contribution in [2.24, 2.45) is 29.6 Å². The van der Waals surface area contributed by atoms with Crippen molar-refractivity contribution in [1.29, 1.82) is 0 Å². The van der Waals surface area contributed by atoms with E-state index < -0.39 is 30.5 Å². The second kappa shape index (κ2) is 30.5. The normalized spacial score (nSPS) is 25.4. The van der Waals surface area contributed by atoms with Crippen LogP contribution in [0.3, 0.4) is 0 Å². The Bertz CT molecular complexity index is 437. The summed E-state index contributed by atoms with van der Waals surface area (Å²) >= 11 is -5.94. The first-order chi connectivity index (χ1) is 13.1. The third-order valence-electron chi connectivity index (χ3n) is 5.40. The zero-order chi connectivity index (χ0) is 23.3. The topological polar surface area (TPSA) is 241 Å². The molecule has 0 aromatic carbocycles. The van der Waals surface area contributed by atoms with Gasteiger partial charge in [-0.3, -0.25) is 22.8 Å². The zero-order valence-electron chi connectivity index (χ0n) is 20.4. The van der Waals surface area contributed by atoms with Gasteiger partial charge >= 0.3 is 40.0 Å². The van der Waals surface area contributed by atoms with Crippen molar-refractivity contribution in [3.8, 4) is 0 Å². The Kier molecular flexibility index (Phi) is 49.6. The quantitative estimate of drug-likeness (QED) is 0.103. The van der Waals surface area contributed by atoms with E-state index in [0.717, 1.165) is 68.9 Å². The summed E-state index contributed by atoms with van der Waals surface area (Å²) in [4.78, 5) is 0. The van der Waals surface area contributed by atoms with Gasteiger partial charge in [0, 0.05) is 20.1 Å². The molecule has 0 aromatic heterocycles. The SMILES string of the molecule is C.C.C1C[N-]CC[N-]CC[N-]1.CC1C(C)C(C)C(C)C1C.O.O=S(=O)(O)O.[CH3-].[Ir].[Na+].[O-][I+3]([O-])([O-])[O-]. The largest absolute Gasteiger partial charge is 1.00 e. The van der Waals surface area contributed by atoms with E-state index in [0.29, 0.717) is 0 Å². The van der Waals surface area contributed by atoms with E-state index in [1.807, 2.05) is 0 Å². The van der Waals surface area contributed by atoms with Crippen LogP contribution >= 0.6 is 0 Å². The maximum atomic E-state index is 8.74. The van der Waals surface area contributed by atoms with Gasteiger partial charge in [-0.25, -0.2) is 0 Å². The molecule has 2 rings (SSSR count). The molecule has 219 valence electrons. The molecule has 0 bridgehead atoms. The smallest absolute Gasteiger partial charge is 0.665 e. The van der Waals surface area contributed by atoms with E-state index in [4.69, 9.17) is 31.3 Å². The van der Waals surface area contributed by atoms with Gasteiger partial charge in [0.1, 0.15) is 20.1 Å². The number of rotatable bonds is 0. The Hall–Kier alpha value is 1.93. The van der Waals surface area contributed by atoms with Gasteiger partial charge in [0.05, 0.1) is 0 Å². The Labute approximate surface area is 256 Å². The third kappa shape index (κ3) is 43.2. The van der Waals surface area contributed by atoms with Gasteiger partial charge in [-0.1, -0.05) is 49.5 Å². The zero-order valence-corrected chi connectivity index (χ0v) is 27.8. The predicted molar refractivity (Wildman–Crippen MR) is 123 cm³/mol.